The summed E-state index contributed by atoms with van der Waals surface area (Å²) in [5.41, 5.74) is 0.647. The van der Waals surface area contributed by atoms with Crippen molar-refractivity contribution in [3.05, 3.63) is 30.3 Å². The lowest BCUT2D eigenvalue weighted by Crippen LogP contribution is -2.60. The lowest BCUT2D eigenvalue weighted by atomic mass is 9.98. The second-order valence-corrected chi connectivity index (χ2v) is 8.68. The summed E-state index contributed by atoms with van der Waals surface area (Å²) in [6.45, 7) is 8.69. The molecule has 3 saturated heterocycles. The molecule has 4 rings (SSSR count). The first-order valence-electron chi connectivity index (χ1n) is 10.1. The topological polar surface area (TPSA) is 104 Å². The van der Waals surface area contributed by atoms with Crippen molar-refractivity contribution in [2.45, 2.75) is 82.9 Å². The Labute approximate surface area is 175 Å². The van der Waals surface area contributed by atoms with Crippen molar-refractivity contribution in [1.29, 1.82) is 0 Å². The zero-order chi connectivity index (χ0) is 21.7. The third kappa shape index (κ3) is 4.21. The molecule has 9 heteroatoms. The second kappa shape index (κ2) is 7.58. The number of amides is 2. The minimum absolute atomic E-state index is 0.342. The number of benzene rings is 1. The summed E-state index contributed by atoms with van der Waals surface area (Å²) >= 11 is 0. The minimum atomic E-state index is -1.01. The van der Waals surface area contributed by atoms with E-state index in [4.69, 9.17) is 23.7 Å². The van der Waals surface area contributed by atoms with E-state index in [0.717, 1.165) is 0 Å². The van der Waals surface area contributed by atoms with Crippen molar-refractivity contribution < 1.29 is 33.3 Å². The van der Waals surface area contributed by atoms with Gasteiger partial charge in [0, 0.05) is 5.69 Å². The number of hydrogen-bond donors (Lipinski definition) is 2. The average Bonchev–Trinajstić information content (AvgIpc) is 3.15. The molecule has 6 atom stereocenters. The molecule has 0 spiro atoms. The van der Waals surface area contributed by atoms with Crippen molar-refractivity contribution in [2.75, 3.05) is 5.32 Å². The van der Waals surface area contributed by atoms with Gasteiger partial charge in [-0.15, -0.1) is 0 Å². The molecular weight excluding hydrogens is 392 g/mol. The summed E-state index contributed by atoms with van der Waals surface area (Å²) < 4.78 is 29.6. The molecule has 1 aromatic rings. The second-order valence-electron chi connectivity index (χ2n) is 8.68. The van der Waals surface area contributed by atoms with Gasteiger partial charge in [-0.3, -0.25) is 9.59 Å². The van der Waals surface area contributed by atoms with E-state index in [1.165, 1.54) is 0 Å². The lowest BCUT2D eigenvalue weighted by Gasteiger charge is -2.36. The smallest absolute Gasteiger partial charge is 0.252 e. The molecule has 164 valence electrons. The molecule has 0 unspecified atom stereocenters. The molecule has 3 fully saturated rings. The summed E-state index contributed by atoms with van der Waals surface area (Å²) in [4.78, 5) is 25.5. The highest BCUT2D eigenvalue weighted by atomic mass is 16.9. The first kappa shape index (κ1) is 21.2. The van der Waals surface area contributed by atoms with Crippen LogP contribution in [0.25, 0.3) is 0 Å². The maximum Gasteiger partial charge on any atom is 0.252 e. The van der Waals surface area contributed by atoms with Crippen LogP contribution in [0.3, 0.4) is 0 Å². The van der Waals surface area contributed by atoms with Gasteiger partial charge in [0.2, 0.25) is 5.91 Å². The molecule has 0 radical (unpaired) electrons. The molecule has 0 saturated carbocycles. The summed E-state index contributed by atoms with van der Waals surface area (Å²) in [6, 6.07) is 8.24. The van der Waals surface area contributed by atoms with E-state index in [1.54, 1.807) is 46.8 Å². The number of carbonyl (C=O) groups excluding carboxylic acids is 2. The molecule has 0 aromatic heterocycles. The van der Waals surface area contributed by atoms with Gasteiger partial charge in [-0.1, -0.05) is 18.2 Å². The van der Waals surface area contributed by atoms with Crippen LogP contribution in [0.1, 0.15) is 34.6 Å². The van der Waals surface area contributed by atoms with Crippen LogP contribution in [0.2, 0.25) is 0 Å². The average molecular weight is 420 g/mol. The van der Waals surface area contributed by atoms with E-state index in [0.29, 0.717) is 5.69 Å². The van der Waals surface area contributed by atoms with Gasteiger partial charge in [0.1, 0.15) is 24.4 Å². The maximum absolute atomic E-state index is 13.0. The van der Waals surface area contributed by atoms with Gasteiger partial charge in [0.15, 0.2) is 24.0 Å². The lowest BCUT2D eigenvalue weighted by molar-refractivity contribution is -0.231. The van der Waals surface area contributed by atoms with Crippen LogP contribution in [-0.4, -0.2) is 60.1 Å². The van der Waals surface area contributed by atoms with Crippen molar-refractivity contribution >= 4 is 17.5 Å². The van der Waals surface area contributed by atoms with Crippen molar-refractivity contribution in [3.8, 4) is 0 Å². The molecular formula is C21H28N2O7. The monoisotopic (exact) mass is 420 g/mol. The fourth-order valence-electron chi connectivity index (χ4n) is 3.96. The predicted octanol–water partition coefficient (Wildman–Crippen LogP) is 1.53. The molecule has 3 aliphatic rings. The molecule has 0 bridgehead atoms. The number of rotatable bonds is 4. The van der Waals surface area contributed by atoms with Gasteiger partial charge in [0.05, 0.1) is 0 Å². The Kier molecular flexibility index (Phi) is 5.36. The van der Waals surface area contributed by atoms with E-state index >= 15 is 0 Å². The predicted molar refractivity (Wildman–Crippen MR) is 105 cm³/mol. The third-order valence-corrected chi connectivity index (χ3v) is 5.21. The number of nitrogens with one attached hydrogen (secondary N) is 2. The Balaban J connectivity index is 1.45. The van der Waals surface area contributed by atoms with Crippen LogP contribution in [0.5, 0.6) is 0 Å². The minimum Gasteiger partial charge on any atom is -0.342 e. The molecule has 30 heavy (non-hydrogen) atoms. The van der Waals surface area contributed by atoms with Gasteiger partial charge in [-0.2, -0.15) is 0 Å². The SMILES string of the molecule is C[C@H](NC(=O)[C@H]1O[C@@H]2OC(C)(C)O[C@H]2[C@H]2OC(C)(C)O[C@@H]21)C(=O)Nc1ccccc1. The highest BCUT2D eigenvalue weighted by molar-refractivity contribution is 5.97. The molecule has 3 aliphatic heterocycles. The van der Waals surface area contributed by atoms with Gasteiger partial charge >= 0.3 is 0 Å². The first-order chi connectivity index (χ1) is 14.0. The number of ether oxygens (including phenoxy) is 5. The van der Waals surface area contributed by atoms with Crippen LogP contribution >= 0.6 is 0 Å². The van der Waals surface area contributed by atoms with Crippen LogP contribution < -0.4 is 10.6 Å². The Bertz CT molecular complexity index is 813. The van der Waals surface area contributed by atoms with Crippen LogP contribution in [0.15, 0.2) is 30.3 Å². The Morgan fingerprint density at radius 3 is 2.20 bits per heavy atom. The first-order valence-corrected chi connectivity index (χ1v) is 10.1. The van der Waals surface area contributed by atoms with E-state index in [1.807, 2.05) is 18.2 Å². The number of anilines is 1. The van der Waals surface area contributed by atoms with E-state index < -0.39 is 54.2 Å². The van der Waals surface area contributed by atoms with E-state index in [9.17, 15) is 9.59 Å². The van der Waals surface area contributed by atoms with E-state index in [-0.39, 0.29) is 5.91 Å². The van der Waals surface area contributed by atoms with Crippen molar-refractivity contribution in [3.63, 3.8) is 0 Å². The fourth-order valence-corrected chi connectivity index (χ4v) is 3.96. The van der Waals surface area contributed by atoms with Gasteiger partial charge < -0.3 is 34.3 Å². The summed E-state index contributed by atoms with van der Waals surface area (Å²) in [5, 5.41) is 5.46. The Morgan fingerprint density at radius 1 is 0.900 bits per heavy atom. The summed E-state index contributed by atoms with van der Waals surface area (Å²) in [5.74, 6) is -2.60. The molecule has 3 heterocycles. The van der Waals surface area contributed by atoms with Crippen LogP contribution in [-0.2, 0) is 33.3 Å². The summed E-state index contributed by atoms with van der Waals surface area (Å²) in [7, 11) is 0. The van der Waals surface area contributed by atoms with Crippen molar-refractivity contribution in [2.24, 2.45) is 0 Å². The molecule has 2 N–H and O–H groups in total. The molecule has 2 amide bonds. The number of carbonyl (C=O) groups is 2. The van der Waals surface area contributed by atoms with Crippen LogP contribution in [0, 0.1) is 0 Å². The van der Waals surface area contributed by atoms with Gasteiger partial charge in [0.25, 0.3) is 5.91 Å². The maximum atomic E-state index is 13.0. The van der Waals surface area contributed by atoms with Crippen LogP contribution in [0.4, 0.5) is 5.69 Å². The summed E-state index contributed by atoms with van der Waals surface area (Å²) in [6.07, 6.45) is -3.53. The zero-order valence-electron chi connectivity index (χ0n) is 17.7. The number of para-hydroxylation sites is 1. The largest absolute Gasteiger partial charge is 0.342 e. The Morgan fingerprint density at radius 2 is 1.50 bits per heavy atom. The third-order valence-electron chi connectivity index (χ3n) is 5.21. The highest BCUT2D eigenvalue weighted by Gasteiger charge is 2.62. The standard InChI is InChI=1S/C21H28N2O7/c1-11(17(24)23-12-9-7-6-8-10-12)22-18(25)15-13-14(28-20(2,3)27-13)16-19(26-15)30-21(4,5)29-16/h6-11,13-16,19H,1-5H3,(H,22,25)(H,23,24)/t11-,13-,14-,15-,16-,19+/m0/s1. The normalized spacial score (nSPS) is 34.5. The molecule has 1 aromatic carbocycles. The fraction of sp³-hybridized carbons (Fsp3) is 0.619. The highest BCUT2D eigenvalue weighted by Crippen LogP contribution is 2.44. The molecule has 0 aliphatic carbocycles. The molecule has 9 nitrogen and oxygen atoms in total. The van der Waals surface area contributed by atoms with E-state index in [2.05, 4.69) is 10.6 Å². The Hall–Kier alpha value is -2.04. The van der Waals surface area contributed by atoms with Crippen molar-refractivity contribution in [1.82, 2.24) is 5.32 Å². The number of fused-ring (bicyclic) bond motifs is 3. The van der Waals surface area contributed by atoms with Gasteiger partial charge in [-0.25, -0.2) is 0 Å². The van der Waals surface area contributed by atoms with Gasteiger partial charge in [-0.05, 0) is 46.8 Å². The quantitative estimate of drug-likeness (QED) is 0.761. The number of hydrogen-bond acceptors (Lipinski definition) is 7. The zero-order valence-corrected chi connectivity index (χ0v) is 17.7.